The van der Waals surface area contributed by atoms with Crippen LogP contribution in [-0.2, 0) is 4.79 Å². The lowest BCUT2D eigenvalue weighted by Crippen LogP contribution is -2.59. The van der Waals surface area contributed by atoms with E-state index in [-0.39, 0.29) is 11.8 Å². The maximum Gasteiger partial charge on any atom is 0.252 e. The number of anilines is 1. The Morgan fingerprint density at radius 1 is 1.04 bits per heavy atom. The van der Waals surface area contributed by atoms with E-state index in [1.165, 1.54) is 0 Å². The summed E-state index contributed by atoms with van der Waals surface area (Å²) in [5.74, 6) is -0.197. The minimum absolute atomic E-state index is 0.0350. The fourth-order valence-electron chi connectivity index (χ4n) is 3.77. The molecule has 1 aliphatic carbocycles. The number of benzene rings is 1. The van der Waals surface area contributed by atoms with Gasteiger partial charge in [0.25, 0.3) is 5.91 Å². The standard InChI is InChI=1S/C21H29N3O2/c1-2-14-22-20(26)21(12-4-3-5-13-21)23-19(25)17-8-10-18(11-9-17)24-15-6-7-16-24/h6-11H,2-5,12-16H2,1H3,(H,22,26)(H,23,25). The van der Waals surface area contributed by atoms with Crippen LogP contribution in [0.4, 0.5) is 5.69 Å². The van der Waals surface area contributed by atoms with E-state index in [9.17, 15) is 9.59 Å². The number of nitrogens with zero attached hydrogens (tertiary/aromatic N) is 1. The van der Waals surface area contributed by atoms with E-state index in [1.54, 1.807) is 0 Å². The highest BCUT2D eigenvalue weighted by Gasteiger charge is 2.40. The van der Waals surface area contributed by atoms with Crippen LogP contribution in [-0.4, -0.2) is 37.0 Å². The van der Waals surface area contributed by atoms with Gasteiger partial charge in [-0.25, -0.2) is 0 Å². The number of rotatable bonds is 6. The molecule has 2 N–H and O–H groups in total. The van der Waals surface area contributed by atoms with Gasteiger partial charge in [-0.2, -0.15) is 0 Å². The smallest absolute Gasteiger partial charge is 0.252 e. The van der Waals surface area contributed by atoms with Crippen LogP contribution >= 0.6 is 0 Å². The maximum atomic E-state index is 12.8. The van der Waals surface area contributed by atoms with Gasteiger partial charge in [-0.1, -0.05) is 38.3 Å². The molecule has 1 fully saturated rings. The average Bonchev–Trinajstić information content (AvgIpc) is 3.21. The Bertz CT molecular complexity index is 652. The third kappa shape index (κ3) is 4.09. The van der Waals surface area contributed by atoms with Crippen molar-refractivity contribution in [3.63, 3.8) is 0 Å². The van der Waals surface area contributed by atoms with Crippen LogP contribution in [0.1, 0.15) is 55.8 Å². The van der Waals surface area contributed by atoms with Crippen molar-refractivity contribution in [2.24, 2.45) is 0 Å². The molecular weight excluding hydrogens is 326 g/mol. The van der Waals surface area contributed by atoms with Crippen LogP contribution < -0.4 is 15.5 Å². The zero-order valence-corrected chi connectivity index (χ0v) is 15.6. The Balaban J connectivity index is 1.69. The molecule has 0 unspecified atom stereocenters. The quantitative estimate of drug-likeness (QED) is 0.771. The second kappa shape index (κ2) is 8.39. The van der Waals surface area contributed by atoms with Crippen molar-refractivity contribution < 1.29 is 9.59 Å². The highest BCUT2D eigenvalue weighted by atomic mass is 16.2. The molecule has 0 radical (unpaired) electrons. The molecule has 5 nitrogen and oxygen atoms in total. The second-order valence-corrected chi connectivity index (χ2v) is 7.28. The zero-order valence-electron chi connectivity index (χ0n) is 15.6. The molecule has 2 amide bonds. The molecule has 3 rings (SSSR count). The van der Waals surface area contributed by atoms with Crippen molar-refractivity contribution >= 4 is 17.5 Å². The van der Waals surface area contributed by atoms with E-state index in [0.29, 0.717) is 24.9 Å². The lowest BCUT2D eigenvalue weighted by Gasteiger charge is -2.36. The summed E-state index contributed by atoms with van der Waals surface area (Å²) in [5.41, 5.74) is 0.955. The molecule has 1 aliphatic heterocycles. The molecule has 1 heterocycles. The minimum atomic E-state index is -0.762. The van der Waals surface area contributed by atoms with E-state index in [0.717, 1.165) is 44.5 Å². The van der Waals surface area contributed by atoms with Crippen LogP contribution in [0, 0.1) is 0 Å². The molecule has 140 valence electrons. The Kier molecular flexibility index (Phi) is 5.96. The van der Waals surface area contributed by atoms with E-state index in [1.807, 2.05) is 31.2 Å². The first-order valence-electron chi connectivity index (χ1n) is 9.75. The van der Waals surface area contributed by atoms with Crippen LogP contribution in [0.25, 0.3) is 0 Å². The minimum Gasteiger partial charge on any atom is -0.364 e. The second-order valence-electron chi connectivity index (χ2n) is 7.28. The van der Waals surface area contributed by atoms with Gasteiger partial charge in [0.05, 0.1) is 0 Å². The fourth-order valence-corrected chi connectivity index (χ4v) is 3.77. The van der Waals surface area contributed by atoms with Crippen molar-refractivity contribution in [1.82, 2.24) is 10.6 Å². The summed E-state index contributed by atoms with van der Waals surface area (Å²) in [5, 5.41) is 6.05. The normalized spacial score (nSPS) is 18.6. The molecule has 0 atom stereocenters. The van der Waals surface area contributed by atoms with Gasteiger partial charge < -0.3 is 15.5 Å². The Morgan fingerprint density at radius 2 is 1.69 bits per heavy atom. The summed E-state index contributed by atoms with van der Waals surface area (Å²) < 4.78 is 0. The lowest BCUT2D eigenvalue weighted by molar-refractivity contribution is -0.128. The van der Waals surface area contributed by atoms with Crippen LogP contribution in [0.2, 0.25) is 0 Å². The topological polar surface area (TPSA) is 61.4 Å². The monoisotopic (exact) mass is 355 g/mol. The van der Waals surface area contributed by atoms with E-state index in [4.69, 9.17) is 0 Å². The first-order chi connectivity index (χ1) is 12.6. The van der Waals surface area contributed by atoms with Gasteiger partial charge in [-0.05, 0) is 43.5 Å². The first-order valence-corrected chi connectivity index (χ1v) is 9.75. The Morgan fingerprint density at radius 3 is 2.31 bits per heavy atom. The number of hydrogen-bond acceptors (Lipinski definition) is 3. The number of hydrogen-bond donors (Lipinski definition) is 2. The van der Waals surface area contributed by atoms with Gasteiger partial charge >= 0.3 is 0 Å². The fraction of sp³-hybridized carbons (Fsp3) is 0.524. The number of carbonyl (C=O) groups excluding carboxylic acids is 2. The first kappa shape index (κ1) is 18.5. The predicted octanol–water partition coefficient (Wildman–Crippen LogP) is 3.02. The molecule has 0 aromatic heterocycles. The summed E-state index contributed by atoms with van der Waals surface area (Å²) in [6.45, 7) is 4.50. The molecule has 1 saturated carbocycles. The van der Waals surface area contributed by atoms with Crippen molar-refractivity contribution in [1.29, 1.82) is 0 Å². The highest BCUT2D eigenvalue weighted by molar-refractivity contribution is 5.99. The predicted molar refractivity (Wildman–Crippen MR) is 104 cm³/mol. The van der Waals surface area contributed by atoms with Gasteiger partial charge in [-0.15, -0.1) is 0 Å². The van der Waals surface area contributed by atoms with E-state index in [2.05, 4.69) is 27.7 Å². The third-order valence-electron chi connectivity index (χ3n) is 5.34. The molecule has 1 aromatic rings. The molecule has 2 aliphatic rings. The average molecular weight is 355 g/mol. The largest absolute Gasteiger partial charge is 0.364 e. The van der Waals surface area contributed by atoms with Crippen molar-refractivity contribution in [2.75, 3.05) is 24.5 Å². The molecule has 0 spiro atoms. The van der Waals surface area contributed by atoms with Crippen molar-refractivity contribution in [2.45, 2.75) is 51.0 Å². The maximum absolute atomic E-state index is 12.8. The molecule has 26 heavy (non-hydrogen) atoms. The molecule has 0 bridgehead atoms. The number of carbonyl (C=O) groups is 2. The van der Waals surface area contributed by atoms with Gasteiger partial charge in [0.15, 0.2) is 0 Å². The Labute approximate surface area is 155 Å². The molecule has 1 aromatic carbocycles. The summed E-state index contributed by atoms with van der Waals surface area (Å²) >= 11 is 0. The van der Waals surface area contributed by atoms with Gasteiger partial charge in [-0.3, -0.25) is 9.59 Å². The zero-order chi connectivity index (χ0) is 18.4. The van der Waals surface area contributed by atoms with E-state index >= 15 is 0 Å². The van der Waals surface area contributed by atoms with Crippen molar-refractivity contribution in [3.8, 4) is 0 Å². The molecular formula is C21H29N3O2. The third-order valence-corrected chi connectivity index (χ3v) is 5.34. The number of nitrogens with one attached hydrogen (secondary N) is 2. The Hall–Kier alpha value is -2.30. The van der Waals surface area contributed by atoms with Crippen LogP contribution in [0.3, 0.4) is 0 Å². The van der Waals surface area contributed by atoms with Crippen molar-refractivity contribution in [3.05, 3.63) is 42.0 Å². The summed E-state index contributed by atoms with van der Waals surface area (Å²) in [7, 11) is 0. The molecule has 5 heteroatoms. The summed E-state index contributed by atoms with van der Waals surface area (Å²) in [6.07, 6.45) is 9.67. The highest BCUT2D eigenvalue weighted by Crippen LogP contribution is 2.29. The molecule has 0 saturated heterocycles. The van der Waals surface area contributed by atoms with Gasteiger partial charge in [0.1, 0.15) is 5.54 Å². The summed E-state index contributed by atoms with van der Waals surface area (Å²) in [6, 6.07) is 7.66. The van der Waals surface area contributed by atoms with E-state index < -0.39 is 5.54 Å². The number of amides is 2. The van der Waals surface area contributed by atoms with Crippen LogP contribution in [0.15, 0.2) is 36.4 Å². The summed E-state index contributed by atoms with van der Waals surface area (Å²) in [4.78, 5) is 27.8. The van der Waals surface area contributed by atoms with Gasteiger partial charge in [0, 0.05) is 30.9 Å². The van der Waals surface area contributed by atoms with Crippen LogP contribution in [0.5, 0.6) is 0 Å². The SMILES string of the molecule is CCCNC(=O)C1(NC(=O)c2ccc(N3CC=CC3)cc2)CCCCC1. The van der Waals surface area contributed by atoms with Gasteiger partial charge in [0.2, 0.25) is 5.91 Å². The lowest BCUT2D eigenvalue weighted by atomic mass is 9.80.